The Labute approximate surface area is 154 Å². The van der Waals surface area contributed by atoms with Crippen LogP contribution in [0.3, 0.4) is 0 Å². The lowest BCUT2D eigenvalue weighted by atomic mass is 10.3. The summed E-state index contributed by atoms with van der Waals surface area (Å²) in [4.78, 5) is 46.8. The van der Waals surface area contributed by atoms with Gasteiger partial charge in [-0.2, -0.15) is 0 Å². The summed E-state index contributed by atoms with van der Waals surface area (Å²) in [6, 6.07) is 5.39. The standard InChI is InChI=1S/C9H11NO4.C8H9NO4/c1-10-7(9(12)14-3)4-6(13-2)5-8(10)11;1-12-5-3-6(8(11)13-2)9-7(10)4-5/h4-5H,1-3H3;3-4H,1-2H3,(H,9,10). The molecule has 27 heavy (non-hydrogen) atoms. The minimum Gasteiger partial charge on any atom is -0.496 e. The summed E-state index contributed by atoms with van der Waals surface area (Å²) in [5.41, 5.74) is -0.479. The molecule has 0 amide bonds. The topological polar surface area (TPSA) is 126 Å². The van der Waals surface area contributed by atoms with Crippen LogP contribution in [-0.2, 0) is 16.5 Å². The lowest BCUT2D eigenvalue weighted by molar-refractivity contribution is 0.0581. The molecule has 10 heteroatoms. The van der Waals surface area contributed by atoms with Gasteiger partial charge in [-0.1, -0.05) is 0 Å². The quantitative estimate of drug-likeness (QED) is 0.753. The number of nitrogens with zero attached hydrogens (tertiary/aromatic N) is 1. The van der Waals surface area contributed by atoms with Crippen molar-refractivity contribution in [2.45, 2.75) is 0 Å². The summed E-state index contributed by atoms with van der Waals surface area (Å²) < 4.78 is 19.8. The Balaban J connectivity index is 0.000000271. The van der Waals surface area contributed by atoms with E-state index in [1.54, 1.807) is 0 Å². The molecule has 1 N–H and O–H groups in total. The fourth-order valence-corrected chi connectivity index (χ4v) is 1.88. The van der Waals surface area contributed by atoms with Gasteiger partial charge in [-0.05, 0) is 0 Å². The molecule has 0 aromatic carbocycles. The van der Waals surface area contributed by atoms with Crippen molar-refractivity contribution in [3.05, 3.63) is 56.4 Å². The average Bonchev–Trinajstić information content (AvgIpc) is 2.68. The molecule has 0 aliphatic heterocycles. The number of esters is 2. The summed E-state index contributed by atoms with van der Waals surface area (Å²) in [5, 5.41) is 0. The molecule has 0 aliphatic carbocycles. The predicted molar refractivity (Wildman–Crippen MR) is 94.5 cm³/mol. The van der Waals surface area contributed by atoms with Gasteiger partial charge in [0.15, 0.2) is 0 Å². The first-order valence-electron chi connectivity index (χ1n) is 7.47. The van der Waals surface area contributed by atoms with Crippen molar-refractivity contribution in [3.63, 3.8) is 0 Å². The number of carbonyl (C=O) groups excluding carboxylic acids is 2. The maximum Gasteiger partial charge on any atom is 0.354 e. The normalized spacial score (nSPS) is 9.52. The highest BCUT2D eigenvalue weighted by Crippen LogP contribution is 2.09. The van der Waals surface area contributed by atoms with E-state index >= 15 is 0 Å². The molecule has 0 bridgehead atoms. The van der Waals surface area contributed by atoms with E-state index in [0.717, 1.165) is 0 Å². The van der Waals surface area contributed by atoms with E-state index in [1.165, 1.54) is 64.3 Å². The number of rotatable bonds is 4. The predicted octanol–water partition coefficient (Wildman–Crippen LogP) is 0.351. The molecule has 0 spiro atoms. The molecule has 0 fully saturated rings. The van der Waals surface area contributed by atoms with E-state index < -0.39 is 17.5 Å². The fourth-order valence-electron chi connectivity index (χ4n) is 1.88. The zero-order chi connectivity index (χ0) is 20.6. The molecule has 2 aromatic rings. The second-order valence-corrected chi connectivity index (χ2v) is 4.96. The second-order valence-electron chi connectivity index (χ2n) is 4.96. The molecule has 2 aromatic heterocycles. The van der Waals surface area contributed by atoms with E-state index in [2.05, 4.69) is 14.5 Å². The van der Waals surface area contributed by atoms with Crippen LogP contribution in [0.15, 0.2) is 33.9 Å². The molecule has 0 radical (unpaired) electrons. The number of pyridine rings is 2. The summed E-state index contributed by atoms with van der Waals surface area (Å²) in [7, 11) is 6.83. The molecule has 2 heterocycles. The maximum absolute atomic E-state index is 11.3. The zero-order valence-electron chi connectivity index (χ0n) is 15.5. The van der Waals surface area contributed by atoms with E-state index in [0.29, 0.717) is 11.5 Å². The maximum atomic E-state index is 11.3. The highest BCUT2D eigenvalue weighted by Gasteiger charge is 2.12. The highest BCUT2D eigenvalue weighted by atomic mass is 16.5. The molecule has 146 valence electrons. The number of carbonyl (C=O) groups is 2. The van der Waals surface area contributed by atoms with Crippen LogP contribution in [-0.4, -0.2) is 49.9 Å². The number of nitrogens with one attached hydrogen (secondary N) is 1. The van der Waals surface area contributed by atoms with Gasteiger partial charge in [-0.3, -0.25) is 9.59 Å². The SMILES string of the molecule is COC(=O)c1cc(OC)cc(=O)[nH]1.COC(=O)c1cc(OC)cc(=O)n1C. The van der Waals surface area contributed by atoms with E-state index in [4.69, 9.17) is 9.47 Å². The first-order chi connectivity index (χ1) is 12.8. The van der Waals surface area contributed by atoms with Crippen molar-refractivity contribution >= 4 is 11.9 Å². The summed E-state index contributed by atoms with van der Waals surface area (Å²) in [5.74, 6) is -0.503. The van der Waals surface area contributed by atoms with Gasteiger partial charge >= 0.3 is 11.9 Å². The van der Waals surface area contributed by atoms with Crippen molar-refractivity contribution < 1.29 is 28.5 Å². The minimum atomic E-state index is -0.601. The zero-order valence-corrected chi connectivity index (χ0v) is 15.5. The van der Waals surface area contributed by atoms with Crippen molar-refractivity contribution in [2.75, 3.05) is 28.4 Å². The van der Waals surface area contributed by atoms with E-state index in [-0.39, 0.29) is 16.9 Å². The van der Waals surface area contributed by atoms with Crippen LogP contribution in [0.2, 0.25) is 0 Å². The van der Waals surface area contributed by atoms with Gasteiger partial charge in [0.2, 0.25) is 0 Å². The first-order valence-corrected chi connectivity index (χ1v) is 7.47. The lowest BCUT2D eigenvalue weighted by Gasteiger charge is -2.07. The van der Waals surface area contributed by atoms with Crippen molar-refractivity contribution in [1.29, 1.82) is 0 Å². The molecule has 0 atom stereocenters. The Kier molecular flexibility index (Phi) is 7.80. The molecular weight excluding hydrogens is 360 g/mol. The summed E-state index contributed by atoms with van der Waals surface area (Å²) in [6.07, 6.45) is 0. The van der Waals surface area contributed by atoms with Crippen molar-refractivity contribution in [1.82, 2.24) is 9.55 Å². The number of methoxy groups -OCH3 is 4. The highest BCUT2D eigenvalue weighted by molar-refractivity contribution is 5.88. The molecule has 0 unspecified atom stereocenters. The third-order valence-electron chi connectivity index (χ3n) is 3.33. The van der Waals surface area contributed by atoms with Crippen LogP contribution in [0.1, 0.15) is 21.0 Å². The van der Waals surface area contributed by atoms with Crippen LogP contribution in [0.25, 0.3) is 0 Å². The molecule has 0 saturated carbocycles. The van der Waals surface area contributed by atoms with Crippen LogP contribution in [0.4, 0.5) is 0 Å². The van der Waals surface area contributed by atoms with Crippen molar-refractivity contribution in [3.8, 4) is 11.5 Å². The van der Waals surface area contributed by atoms with Crippen LogP contribution in [0.5, 0.6) is 11.5 Å². The van der Waals surface area contributed by atoms with Crippen LogP contribution < -0.4 is 20.6 Å². The van der Waals surface area contributed by atoms with Crippen LogP contribution in [0, 0.1) is 0 Å². The number of aromatic amines is 1. The van der Waals surface area contributed by atoms with Gasteiger partial charge < -0.3 is 28.5 Å². The Bertz CT molecular complexity index is 929. The monoisotopic (exact) mass is 380 g/mol. The average molecular weight is 380 g/mol. The van der Waals surface area contributed by atoms with E-state index in [9.17, 15) is 19.2 Å². The number of H-pyrrole nitrogens is 1. The molecule has 10 nitrogen and oxygen atoms in total. The van der Waals surface area contributed by atoms with Gasteiger partial charge in [0.25, 0.3) is 11.1 Å². The van der Waals surface area contributed by atoms with Gasteiger partial charge in [0, 0.05) is 31.3 Å². The fraction of sp³-hybridized carbons (Fsp3) is 0.294. The second kappa shape index (κ2) is 9.80. The van der Waals surface area contributed by atoms with Gasteiger partial charge in [-0.15, -0.1) is 0 Å². The number of hydrogen-bond acceptors (Lipinski definition) is 8. The molecule has 0 saturated heterocycles. The Morgan fingerprint density at radius 1 is 0.852 bits per heavy atom. The number of aromatic nitrogens is 2. The largest absolute Gasteiger partial charge is 0.496 e. The number of ether oxygens (including phenoxy) is 4. The molecule has 0 aliphatic rings. The lowest BCUT2D eigenvalue weighted by Crippen LogP contribution is -2.23. The Morgan fingerprint density at radius 2 is 1.41 bits per heavy atom. The van der Waals surface area contributed by atoms with Gasteiger partial charge in [0.05, 0.1) is 28.4 Å². The van der Waals surface area contributed by atoms with Crippen LogP contribution >= 0.6 is 0 Å². The Morgan fingerprint density at radius 3 is 1.93 bits per heavy atom. The van der Waals surface area contributed by atoms with E-state index in [1.807, 2.05) is 0 Å². The Hall–Kier alpha value is -3.56. The number of hydrogen-bond donors (Lipinski definition) is 1. The molecular formula is C17H20N2O8. The first kappa shape index (κ1) is 21.5. The smallest absolute Gasteiger partial charge is 0.354 e. The summed E-state index contributed by atoms with van der Waals surface area (Å²) in [6.45, 7) is 0. The molecule has 2 rings (SSSR count). The third-order valence-corrected chi connectivity index (χ3v) is 3.33. The van der Waals surface area contributed by atoms with Crippen molar-refractivity contribution in [2.24, 2.45) is 7.05 Å². The van der Waals surface area contributed by atoms with Gasteiger partial charge in [0.1, 0.15) is 22.9 Å². The third kappa shape index (κ3) is 5.73. The summed E-state index contributed by atoms with van der Waals surface area (Å²) >= 11 is 0. The van der Waals surface area contributed by atoms with Gasteiger partial charge in [-0.25, -0.2) is 9.59 Å². The minimum absolute atomic E-state index is 0.0758.